The lowest BCUT2D eigenvalue weighted by Gasteiger charge is -2.25. The number of benzene rings is 2. The Morgan fingerprint density at radius 1 is 1.09 bits per heavy atom. The molecule has 1 heterocycles. The molecule has 22 heavy (non-hydrogen) atoms. The molecule has 3 nitrogen and oxygen atoms in total. The molecule has 3 rings (SSSR count). The van der Waals surface area contributed by atoms with Gasteiger partial charge in [0.05, 0.1) is 10.9 Å². The van der Waals surface area contributed by atoms with Gasteiger partial charge in [0.1, 0.15) is 0 Å². The van der Waals surface area contributed by atoms with E-state index in [2.05, 4.69) is 15.9 Å². The Kier molecular flexibility index (Phi) is 4.39. The lowest BCUT2D eigenvalue weighted by molar-refractivity contribution is 0.395. The highest BCUT2D eigenvalue weighted by molar-refractivity contribution is 9.10. The van der Waals surface area contributed by atoms with Crippen molar-refractivity contribution in [2.24, 2.45) is 0 Å². The van der Waals surface area contributed by atoms with Gasteiger partial charge in [0.15, 0.2) is 0 Å². The molecule has 0 spiro atoms. The van der Waals surface area contributed by atoms with Gasteiger partial charge in [-0.2, -0.15) is 4.31 Å². The molecule has 0 radical (unpaired) electrons. The van der Waals surface area contributed by atoms with E-state index in [-0.39, 0.29) is 6.04 Å². The lowest BCUT2D eigenvalue weighted by Crippen LogP contribution is -2.31. The average Bonchev–Trinajstić information content (AvgIpc) is 2.98. The van der Waals surface area contributed by atoms with E-state index in [4.69, 9.17) is 0 Å². The second kappa shape index (κ2) is 6.14. The van der Waals surface area contributed by atoms with Crippen molar-refractivity contribution >= 4 is 26.0 Å². The van der Waals surface area contributed by atoms with Gasteiger partial charge in [-0.1, -0.05) is 40.2 Å². The maximum absolute atomic E-state index is 13.0. The first-order valence-electron chi connectivity index (χ1n) is 7.33. The van der Waals surface area contributed by atoms with Crippen LogP contribution in [0.3, 0.4) is 0 Å². The Bertz CT molecular complexity index is 772. The SMILES string of the molecule is Cc1ccccc1[C@H]1CCCN1S(=O)(=O)c1ccc(Br)cc1. The predicted octanol–water partition coefficient (Wildman–Crippen LogP) is 4.28. The van der Waals surface area contributed by atoms with Crippen LogP contribution in [0.15, 0.2) is 57.9 Å². The number of hydrogen-bond acceptors (Lipinski definition) is 2. The van der Waals surface area contributed by atoms with Gasteiger partial charge in [0.25, 0.3) is 0 Å². The quantitative estimate of drug-likeness (QED) is 0.797. The molecule has 0 amide bonds. The van der Waals surface area contributed by atoms with Crippen molar-refractivity contribution in [3.05, 3.63) is 64.1 Å². The maximum atomic E-state index is 13.0. The van der Waals surface area contributed by atoms with Crippen LogP contribution in [0.1, 0.15) is 30.0 Å². The van der Waals surface area contributed by atoms with E-state index in [1.54, 1.807) is 28.6 Å². The summed E-state index contributed by atoms with van der Waals surface area (Å²) in [6, 6.07) is 14.8. The lowest BCUT2D eigenvalue weighted by atomic mass is 10.0. The van der Waals surface area contributed by atoms with Crippen molar-refractivity contribution in [2.45, 2.75) is 30.7 Å². The number of rotatable bonds is 3. The Morgan fingerprint density at radius 3 is 2.45 bits per heavy atom. The predicted molar refractivity (Wildman–Crippen MR) is 91.2 cm³/mol. The third kappa shape index (κ3) is 2.85. The first-order valence-corrected chi connectivity index (χ1v) is 9.56. The Balaban J connectivity index is 1.99. The minimum atomic E-state index is -3.46. The summed E-state index contributed by atoms with van der Waals surface area (Å²) in [5.41, 5.74) is 2.26. The van der Waals surface area contributed by atoms with Gasteiger partial charge in [0, 0.05) is 11.0 Å². The summed E-state index contributed by atoms with van der Waals surface area (Å²) in [5, 5.41) is 0. The van der Waals surface area contributed by atoms with E-state index < -0.39 is 10.0 Å². The van der Waals surface area contributed by atoms with Crippen LogP contribution in [0.25, 0.3) is 0 Å². The third-order valence-corrected chi connectivity index (χ3v) is 6.62. The molecule has 1 aliphatic rings. The molecular weight excluding hydrogens is 362 g/mol. The van der Waals surface area contributed by atoms with E-state index >= 15 is 0 Å². The monoisotopic (exact) mass is 379 g/mol. The third-order valence-electron chi connectivity index (χ3n) is 4.17. The van der Waals surface area contributed by atoms with Crippen molar-refractivity contribution in [3.63, 3.8) is 0 Å². The Labute approximate surface area is 140 Å². The van der Waals surface area contributed by atoms with Crippen LogP contribution in [-0.2, 0) is 10.0 Å². The van der Waals surface area contributed by atoms with E-state index in [1.165, 1.54) is 0 Å². The number of halogens is 1. The molecule has 0 bridgehead atoms. The highest BCUT2D eigenvalue weighted by Crippen LogP contribution is 2.37. The summed E-state index contributed by atoms with van der Waals surface area (Å²) in [5.74, 6) is 0. The standard InChI is InChI=1S/C17H18BrNO2S/c1-13-5-2-3-6-16(13)17-7-4-12-19(17)22(20,21)15-10-8-14(18)9-11-15/h2-3,5-6,8-11,17H,4,7,12H2,1H3/t17-/m1/s1. The molecule has 5 heteroatoms. The van der Waals surface area contributed by atoms with Crippen LogP contribution in [0.2, 0.25) is 0 Å². The smallest absolute Gasteiger partial charge is 0.207 e. The minimum Gasteiger partial charge on any atom is -0.207 e. The summed E-state index contributed by atoms with van der Waals surface area (Å²) < 4.78 is 28.4. The normalized spacial score (nSPS) is 19.5. The zero-order valence-electron chi connectivity index (χ0n) is 12.4. The van der Waals surface area contributed by atoms with Gasteiger partial charge < -0.3 is 0 Å². The summed E-state index contributed by atoms with van der Waals surface area (Å²) in [6.07, 6.45) is 1.77. The largest absolute Gasteiger partial charge is 0.243 e. The average molecular weight is 380 g/mol. The summed E-state index contributed by atoms with van der Waals surface area (Å²) in [6.45, 7) is 2.62. The maximum Gasteiger partial charge on any atom is 0.243 e. The van der Waals surface area contributed by atoms with Crippen LogP contribution in [0.4, 0.5) is 0 Å². The first-order chi connectivity index (χ1) is 10.5. The molecule has 0 unspecified atom stereocenters. The molecule has 2 aromatic rings. The van der Waals surface area contributed by atoms with Gasteiger partial charge in [-0.05, 0) is 55.2 Å². The fourth-order valence-electron chi connectivity index (χ4n) is 3.04. The molecule has 1 atom stereocenters. The van der Waals surface area contributed by atoms with Gasteiger partial charge in [-0.25, -0.2) is 8.42 Å². The Morgan fingerprint density at radius 2 is 1.77 bits per heavy atom. The number of sulfonamides is 1. The van der Waals surface area contributed by atoms with Gasteiger partial charge >= 0.3 is 0 Å². The van der Waals surface area contributed by atoms with Gasteiger partial charge in [-0.15, -0.1) is 0 Å². The minimum absolute atomic E-state index is 0.0603. The van der Waals surface area contributed by atoms with E-state index in [9.17, 15) is 8.42 Å². The summed E-state index contributed by atoms with van der Waals surface area (Å²) >= 11 is 3.35. The number of nitrogens with zero attached hydrogens (tertiary/aromatic N) is 1. The zero-order valence-corrected chi connectivity index (χ0v) is 14.8. The molecule has 116 valence electrons. The zero-order chi connectivity index (χ0) is 15.7. The fourth-order valence-corrected chi connectivity index (χ4v) is 4.98. The van der Waals surface area contributed by atoms with Crippen molar-refractivity contribution in [2.75, 3.05) is 6.54 Å². The molecule has 0 aliphatic carbocycles. The summed E-state index contributed by atoms with van der Waals surface area (Å²) in [4.78, 5) is 0.358. The van der Waals surface area contributed by atoms with Crippen molar-refractivity contribution < 1.29 is 8.42 Å². The van der Waals surface area contributed by atoms with Crippen LogP contribution < -0.4 is 0 Å². The highest BCUT2D eigenvalue weighted by Gasteiger charge is 2.36. The molecule has 0 aromatic heterocycles. The molecule has 1 fully saturated rings. The fraction of sp³-hybridized carbons (Fsp3) is 0.294. The van der Waals surface area contributed by atoms with Crippen LogP contribution in [0, 0.1) is 6.92 Å². The molecule has 1 aliphatic heterocycles. The number of aryl methyl sites for hydroxylation is 1. The second-order valence-electron chi connectivity index (χ2n) is 5.58. The molecule has 0 saturated carbocycles. The van der Waals surface area contributed by atoms with Crippen molar-refractivity contribution in [1.29, 1.82) is 0 Å². The number of hydrogen-bond donors (Lipinski definition) is 0. The van der Waals surface area contributed by atoms with E-state index in [0.717, 1.165) is 28.4 Å². The topological polar surface area (TPSA) is 37.4 Å². The summed E-state index contributed by atoms with van der Waals surface area (Å²) in [7, 11) is -3.46. The van der Waals surface area contributed by atoms with Gasteiger partial charge in [0.2, 0.25) is 10.0 Å². The highest BCUT2D eigenvalue weighted by atomic mass is 79.9. The van der Waals surface area contributed by atoms with Crippen molar-refractivity contribution in [1.82, 2.24) is 4.31 Å². The Hall–Kier alpha value is -1.17. The molecule has 1 saturated heterocycles. The van der Waals surface area contributed by atoms with Crippen molar-refractivity contribution in [3.8, 4) is 0 Å². The molecule has 2 aromatic carbocycles. The first kappa shape index (κ1) is 15.7. The van der Waals surface area contributed by atoms with E-state index in [0.29, 0.717) is 11.4 Å². The molecular formula is C17H18BrNO2S. The van der Waals surface area contributed by atoms with Gasteiger partial charge in [-0.3, -0.25) is 0 Å². The second-order valence-corrected chi connectivity index (χ2v) is 8.39. The van der Waals surface area contributed by atoms with Crippen LogP contribution in [0.5, 0.6) is 0 Å². The molecule has 0 N–H and O–H groups in total. The van der Waals surface area contributed by atoms with Crippen LogP contribution in [-0.4, -0.2) is 19.3 Å². The van der Waals surface area contributed by atoms with E-state index in [1.807, 2.05) is 31.2 Å². The van der Waals surface area contributed by atoms with Crippen LogP contribution >= 0.6 is 15.9 Å².